The number of thioether (sulfide) groups is 1. The van der Waals surface area contributed by atoms with Crippen LogP contribution >= 0.6 is 23.1 Å². The van der Waals surface area contributed by atoms with Crippen LogP contribution in [0.1, 0.15) is 45.4 Å². The Labute approximate surface area is 143 Å². The van der Waals surface area contributed by atoms with Crippen molar-refractivity contribution in [3.63, 3.8) is 0 Å². The minimum atomic E-state index is -0.400. The molecule has 23 heavy (non-hydrogen) atoms. The summed E-state index contributed by atoms with van der Waals surface area (Å²) < 4.78 is 0.729. The number of amides is 3. The molecule has 0 bridgehead atoms. The van der Waals surface area contributed by atoms with Crippen LogP contribution in [-0.2, 0) is 4.79 Å². The van der Waals surface area contributed by atoms with Crippen LogP contribution in [0.3, 0.4) is 0 Å². The molecule has 3 rings (SSSR count). The van der Waals surface area contributed by atoms with E-state index in [1.165, 1.54) is 35.9 Å². The molecular weight excluding hydrogens is 334 g/mol. The number of nitrogens with one attached hydrogen (secondary N) is 3. The first kappa shape index (κ1) is 16.5. The Morgan fingerprint density at radius 1 is 1.17 bits per heavy atom. The smallest absolute Gasteiger partial charge is 0.321 e. The van der Waals surface area contributed by atoms with E-state index in [0.717, 1.165) is 35.2 Å². The number of urea groups is 1. The summed E-state index contributed by atoms with van der Waals surface area (Å²) >= 11 is 2.76. The molecule has 3 N–H and O–H groups in total. The molecule has 7 nitrogen and oxygen atoms in total. The van der Waals surface area contributed by atoms with Crippen LogP contribution in [0.4, 0.5) is 9.93 Å². The van der Waals surface area contributed by atoms with Crippen molar-refractivity contribution in [3.05, 3.63) is 0 Å². The third-order valence-corrected chi connectivity index (χ3v) is 5.92. The van der Waals surface area contributed by atoms with Gasteiger partial charge in [0.15, 0.2) is 4.34 Å². The van der Waals surface area contributed by atoms with Gasteiger partial charge in [-0.25, -0.2) is 4.79 Å². The molecule has 0 radical (unpaired) electrons. The van der Waals surface area contributed by atoms with Gasteiger partial charge in [-0.15, -0.1) is 10.2 Å². The second-order valence-corrected chi connectivity index (χ2v) is 8.56. The van der Waals surface area contributed by atoms with Crippen molar-refractivity contribution >= 4 is 40.2 Å². The molecule has 3 amide bonds. The highest BCUT2D eigenvalue weighted by Crippen LogP contribution is 2.32. The second kappa shape index (κ2) is 7.48. The first-order valence-corrected chi connectivity index (χ1v) is 9.68. The summed E-state index contributed by atoms with van der Waals surface area (Å²) in [6.07, 6.45) is 6.62. The van der Waals surface area contributed by atoms with Gasteiger partial charge in [0.2, 0.25) is 11.0 Å². The zero-order chi connectivity index (χ0) is 16.2. The Morgan fingerprint density at radius 2 is 1.91 bits per heavy atom. The molecule has 0 aromatic carbocycles. The van der Waals surface area contributed by atoms with Gasteiger partial charge in [-0.05, 0) is 32.6 Å². The fourth-order valence-corrected chi connectivity index (χ4v) is 4.40. The Hall–Kier alpha value is -1.35. The van der Waals surface area contributed by atoms with Gasteiger partial charge < -0.3 is 10.6 Å². The van der Waals surface area contributed by atoms with E-state index in [-0.39, 0.29) is 11.9 Å². The number of carbonyl (C=O) groups excluding carboxylic acids is 2. The molecule has 0 spiro atoms. The lowest BCUT2D eigenvalue weighted by molar-refractivity contribution is -0.119. The van der Waals surface area contributed by atoms with E-state index in [4.69, 9.17) is 0 Å². The van der Waals surface area contributed by atoms with Gasteiger partial charge >= 0.3 is 6.03 Å². The Bertz CT molecular complexity index is 569. The maximum Gasteiger partial charge on any atom is 0.321 e. The number of rotatable bonds is 6. The van der Waals surface area contributed by atoms with E-state index in [1.54, 1.807) is 6.92 Å². The number of hydrogen-bond donors (Lipinski definition) is 3. The molecule has 2 aliphatic carbocycles. The highest BCUT2D eigenvalue weighted by atomic mass is 32.2. The molecule has 2 aliphatic rings. The average Bonchev–Trinajstić information content (AvgIpc) is 2.97. The van der Waals surface area contributed by atoms with E-state index >= 15 is 0 Å². The lowest BCUT2D eigenvalue weighted by atomic mass is 10.2. The SMILES string of the molecule is C[C@@H](Sc1nnc(NC2CC2)s1)C(=O)NC(=O)NC1CCCC1. The zero-order valence-electron chi connectivity index (χ0n) is 13.0. The fraction of sp³-hybridized carbons (Fsp3) is 0.714. The molecule has 1 atom stereocenters. The van der Waals surface area contributed by atoms with E-state index in [0.29, 0.717) is 6.04 Å². The number of anilines is 1. The van der Waals surface area contributed by atoms with Crippen molar-refractivity contribution in [2.24, 2.45) is 0 Å². The highest BCUT2D eigenvalue weighted by Gasteiger charge is 2.24. The topological polar surface area (TPSA) is 96.0 Å². The van der Waals surface area contributed by atoms with Crippen molar-refractivity contribution in [2.75, 3.05) is 5.32 Å². The van der Waals surface area contributed by atoms with Crippen molar-refractivity contribution in [1.82, 2.24) is 20.8 Å². The first-order chi connectivity index (χ1) is 11.1. The summed E-state index contributed by atoms with van der Waals surface area (Å²) in [7, 11) is 0. The number of carbonyl (C=O) groups is 2. The zero-order valence-corrected chi connectivity index (χ0v) is 14.6. The molecule has 126 valence electrons. The Morgan fingerprint density at radius 3 is 2.61 bits per heavy atom. The third kappa shape index (κ3) is 5.07. The quantitative estimate of drug-likeness (QED) is 0.678. The maximum absolute atomic E-state index is 12.1. The number of imide groups is 1. The van der Waals surface area contributed by atoms with Crippen LogP contribution < -0.4 is 16.0 Å². The van der Waals surface area contributed by atoms with E-state index in [9.17, 15) is 9.59 Å². The lowest BCUT2D eigenvalue weighted by Gasteiger charge is -2.14. The number of aromatic nitrogens is 2. The Kier molecular flexibility index (Phi) is 5.37. The van der Waals surface area contributed by atoms with Crippen molar-refractivity contribution < 1.29 is 9.59 Å². The largest absolute Gasteiger partial charge is 0.357 e. The van der Waals surface area contributed by atoms with Crippen LogP contribution in [-0.4, -0.2) is 39.5 Å². The molecule has 9 heteroatoms. The van der Waals surface area contributed by atoms with Crippen LogP contribution in [0.25, 0.3) is 0 Å². The summed E-state index contributed by atoms with van der Waals surface area (Å²) in [6.45, 7) is 1.76. The lowest BCUT2D eigenvalue weighted by Crippen LogP contribution is -2.45. The minimum Gasteiger partial charge on any atom is -0.357 e. The standard InChI is InChI=1S/C14H21N5O2S2/c1-8(11(20)17-12(21)15-9-4-2-3-5-9)22-14-19-18-13(23-14)16-10-6-7-10/h8-10H,2-7H2,1H3,(H,16,18)(H2,15,17,20,21)/t8-/m1/s1. The van der Waals surface area contributed by atoms with Crippen molar-refractivity contribution in [1.29, 1.82) is 0 Å². The summed E-state index contributed by atoms with van der Waals surface area (Å²) in [6, 6.07) is 0.327. The molecule has 1 aromatic heterocycles. The van der Waals surface area contributed by atoms with Crippen LogP contribution in [0.2, 0.25) is 0 Å². The molecule has 1 heterocycles. The van der Waals surface area contributed by atoms with Crippen LogP contribution in [0.15, 0.2) is 4.34 Å². The Balaban J connectivity index is 1.42. The molecule has 0 unspecified atom stereocenters. The first-order valence-electron chi connectivity index (χ1n) is 7.98. The molecule has 0 aliphatic heterocycles. The predicted molar refractivity (Wildman–Crippen MR) is 90.8 cm³/mol. The summed E-state index contributed by atoms with van der Waals surface area (Å²) in [4.78, 5) is 23.9. The van der Waals surface area contributed by atoms with Crippen molar-refractivity contribution in [3.8, 4) is 0 Å². The summed E-state index contributed by atoms with van der Waals surface area (Å²) in [5.74, 6) is -0.308. The number of hydrogen-bond acceptors (Lipinski definition) is 7. The van der Waals surface area contributed by atoms with Gasteiger partial charge in [0, 0.05) is 12.1 Å². The molecule has 1 aromatic rings. The second-order valence-electron chi connectivity index (χ2n) is 6.00. The number of nitrogens with zero attached hydrogens (tertiary/aromatic N) is 2. The van der Waals surface area contributed by atoms with Gasteiger partial charge in [-0.3, -0.25) is 10.1 Å². The summed E-state index contributed by atoms with van der Waals surface area (Å²) in [5.41, 5.74) is 0. The molecular formula is C14H21N5O2S2. The summed E-state index contributed by atoms with van der Waals surface area (Å²) in [5, 5.41) is 17.1. The fourth-order valence-electron chi connectivity index (χ4n) is 2.43. The van der Waals surface area contributed by atoms with E-state index in [2.05, 4.69) is 26.1 Å². The normalized spacial score (nSPS) is 19.3. The van der Waals surface area contributed by atoms with E-state index in [1.807, 2.05) is 0 Å². The van der Waals surface area contributed by atoms with E-state index < -0.39 is 11.3 Å². The predicted octanol–water partition coefficient (Wildman–Crippen LogP) is 2.36. The molecule has 2 saturated carbocycles. The highest BCUT2D eigenvalue weighted by molar-refractivity contribution is 8.02. The van der Waals surface area contributed by atoms with Gasteiger partial charge in [-0.1, -0.05) is 35.9 Å². The molecule has 2 fully saturated rings. The van der Waals surface area contributed by atoms with Crippen molar-refractivity contribution in [2.45, 2.75) is 67.1 Å². The minimum absolute atomic E-state index is 0.199. The van der Waals surface area contributed by atoms with Gasteiger partial charge in [-0.2, -0.15) is 0 Å². The van der Waals surface area contributed by atoms with Crippen LogP contribution in [0.5, 0.6) is 0 Å². The monoisotopic (exact) mass is 355 g/mol. The maximum atomic E-state index is 12.1. The van der Waals surface area contributed by atoms with Gasteiger partial charge in [0.05, 0.1) is 5.25 Å². The van der Waals surface area contributed by atoms with Crippen LogP contribution in [0, 0.1) is 0 Å². The van der Waals surface area contributed by atoms with Gasteiger partial charge in [0.1, 0.15) is 0 Å². The van der Waals surface area contributed by atoms with Gasteiger partial charge in [0.25, 0.3) is 0 Å². The average molecular weight is 355 g/mol. The molecule has 0 saturated heterocycles. The third-order valence-electron chi connectivity index (χ3n) is 3.89.